The number of hydrogen-bond acceptors (Lipinski definition) is 2. The lowest BCUT2D eigenvalue weighted by atomic mass is 9.90. The molecule has 2 fully saturated rings. The van der Waals surface area contributed by atoms with Crippen LogP contribution in [0.4, 0.5) is 0 Å². The van der Waals surface area contributed by atoms with Gasteiger partial charge in [0.1, 0.15) is 0 Å². The van der Waals surface area contributed by atoms with E-state index in [9.17, 15) is 0 Å². The van der Waals surface area contributed by atoms with Crippen LogP contribution in [0.5, 0.6) is 0 Å². The van der Waals surface area contributed by atoms with Gasteiger partial charge in [-0.15, -0.1) is 0 Å². The zero-order valence-electron chi connectivity index (χ0n) is 11.1. The lowest BCUT2D eigenvalue weighted by molar-refractivity contribution is 0.344. The van der Waals surface area contributed by atoms with Crippen molar-refractivity contribution < 1.29 is 0 Å². The molecule has 1 aliphatic carbocycles. The normalized spacial score (nSPS) is 23.6. The summed E-state index contributed by atoms with van der Waals surface area (Å²) in [5.74, 6) is 0.798. The van der Waals surface area contributed by atoms with Gasteiger partial charge in [0.15, 0.2) is 0 Å². The average Bonchev–Trinajstić information content (AvgIpc) is 2.94. The Labute approximate surface area is 115 Å². The molecule has 2 aliphatic rings. The Morgan fingerprint density at radius 2 is 1.56 bits per heavy atom. The second-order valence-electron chi connectivity index (χ2n) is 5.63. The lowest BCUT2D eigenvalue weighted by Crippen LogP contribution is -2.29. The van der Waals surface area contributed by atoms with E-state index >= 15 is 0 Å². The standard InChI is InChI=1S/C16H23NS/c1-2-6-14(7-3-1)15-10-12-17(13-11-15)18-16-8-4-5-9-16/h1-3,6-7,15-16H,4-5,8-13H2. The van der Waals surface area contributed by atoms with Crippen molar-refractivity contribution in [2.75, 3.05) is 13.1 Å². The SMILES string of the molecule is c1ccc(C2CCN(SC3CCCC3)CC2)cc1. The van der Waals surface area contributed by atoms with Gasteiger partial charge in [-0.25, -0.2) is 0 Å². The van der Waals surface area contributed by atoms with Crippen molar-refractivity contribution in [2.45, 2.75) is 49.7 Å². The van der Waals surface area contributed by atoms with Gasteiger partial charge < -0.3 is 0 Å². The first-order valence-corrected chi connectivity index (χ1v) is 8.22. The van der Waals surface area contributed by atoms with E-state index in [1.807, 2.05) is 0 Å². The maximum absolute atomic E-state index is 2.63. The van der Waals surface area contributed by atoms with Crippen LogP contribution < -0.4 is 0 Å². The van der Waals surface area contributed by atoms with Gasteiger partial charge in [0, 0.05) is 18.3 Å². The fourth-order valence-electron chi connectivity index (χ4n) is 3.22. The molecule has 1 saturated carbocycles. The topological polar surface area (TPSA) is 3.24 Å². The Hall–Kier alpha value is -0.470. The van der Waals surface area contributed by atoms with E-state index in [1.165, 1.54) is 51.6 Å². The Balaban J connectivity index is 1.49. The van der Waals surface area contributed by atoms with Gasteiger partial charge in [-0.2, -0.15) is 0 Å². The Morgan fingerprint density at radius 3 is 2.22 bits per heavy atom. The van der Waals surface area contributed by atoms with Crippen molar-refractivity contribution in [2.24, 2.45) is 0 Å². The molecule has 0 aromatic heterocycles. The summed E-state index contributed by atoms with van der Waals surface area (Å²) in [5, 5.41) is 0.929. The molecule has 1 aromatic carbocycles. The molecule has 3 rings (SSSR count). The fourth-order valence-corrected chi connectivity index (χ4v) is 4.61. The van der Waals surface area contributed by atoms with Crippen molar-refractivity contribution >= 4 is 11.9 Å². The van der Waals surface area contributed by atoms with Crippen LogP contribution in [-0.2, 0) is 0 Å². The molecule has 0 amide bonds. The first-order chi connectivity index (χ1) is 8.92. The lowest BCUT2D eigenvalue weighted by Gasteiger charge is -2.32. The minimum atomic E-state index is 0.798. The summed E-state index contributed by atoms with van der Waals surface area (Å²) in [6.45, 7) is 2.56. The second-order valence-corrected chi connectivity index (χ2v) is 7.02. The van der Waals surface area contributed by atoms with Crippen LogP contribution in [0.25, 0.3) is 0 Å². The highest BCUT2D eigenvalue weighted by molar-refractivity contribution is 7.97. The van der Waals surface area contributed by atoms with Crippen LogP contribution >= 0.6 is 11.9 Å². The molecule has 0 radical (unpaired) electrons. The number of hydrogen-bond donors (Lipinski definition) is 0. The average molecular weight is 261 g/mol. The molecule has 0 unspecified atom stereocenters. The van der Waals surface area contributed by atoms with E-state index < -0.39 is 0 Å². The molecule has 1 heterocycles. The number of rotatable bonds is 3. The van der Waals surface area contributed by atoms with Crippen molar-refractivity contribution in [3.05, 3.63) is 35.9 Å². The fraction of sp³-hybridized carbons (Fsp3) is 0.625. The monoisotopic (exact) mass is 261 g/mol. The third kappa shape index (κ3) is 3.10. The quantitative estimate of drug-likeness (QED) is 0.739. The smallest absolute Gasteiger partial charge is 0.0195 e. The molecule has 1 saturated heterocycles. The summed E-state index contributed by atoms with van der Waals surface area (Å²) in [5.41, 5.74) is 1.54. The molecule has 98 valence electrons. The zero-order chi connectivity index (χ0) is 12.2. The number of benzene rings is 1. The minimum Gasteiger partial charge on any atom is -0.250 e. The first-order valence-electron chi connectivity index (χ1n) is 7.38. The molecule has 0 bridgehead atoms. The van der Waals surface area contributed by atoms with Crippen LogP contribution in [0.2, 0.25) is 0 Å². The summed E-state index contributed by atoms with van der Waals surface area (Å²) in [7, 11) is 0. The maximum atomic E-state index is 2.63. The van der Waals surface area contributed by atoms with Crippen molar-refractivity contribution in [3.8, 4) is 0 Å². The molecule has 0 spiro atoms. The van der Waals surface area contributed by atoms with Crippen LogP contribution in [0, 0.1) is 0 Å². The molecule has 18 heavy (non-hydrogen) atoms. The molecule has 1 aromatic rings. The molecule has 2 heteroatoms. The van der Waals surface area contributed by atoms with Crippen LogP contribution in [0.3, 0.4) is 0 Å². The summed E-state index contributed by atoms with van der Waals surface area (Å²) in [6.07, 6.45) is 8.48. The van der Waals surface area contributed by atoms with Crippen LogP contribution in [0.1, 0.15) is 50.0 Å². The first kappa shape index (κ1) is 12.6. The minimum absolute atomic E-state index is 0.798. The van der Waals surface area contributed by atoms with Gasteiger partial charge in [-0.1, -0.05) is 55.1 Å². The van der Waals surface area contributed by atoms with Crippen molar-refractivity contribution in [3.63, 3.8) is 0 Å². The molecule has 1 aliphatic heterocycles. The van der Waals surface area contributed by atoms with E-state index in [0.29, 0.717) is 0 Å². The van der Waals surface area contributed by atoms with E-state index in [4.69, 9.17) is 0 Å². The van der Waals surface area contributed by atoms with E-state index in [0.717, 1.165) is 11.2 Å². The van der Waals surface area contributed by atoms with Gasteiger partial charge in [-0.3, -0.25) is 4.31 Å². The van der Waals surface area contributed by atoms with Gasteiger partial charge >= 0.3 is 0 Å². The number of nitrogens with zero attached hydrogens (tertiary/aromatic N) is 1. The highest BCUT2D eigenvalue weighted by atomic mass is 32.2. The van der Waals surface area contributed by atoms with E-state index in [-0.39, 0.29) is 0 Å². The van der Waals surface area contributed by atoms with E-state index in [2.05, 4.69) is 46.6 Å². The summed E-state index contributed by atoms with van der Waals surface area (Å²) in [6, 6.07) is 11.1. The van der Waals surface area contributed by atoms with E-state index in [1.54, 1.807) is 5.56 Å². The molecule has 0 atom stereocenters. The molecule has 1 nitrogen and oxygen atoms in total. The second kappa shape index (κ2) is 6.12. The Kier molecular flexibility index (Phi) is 4.27. The van der Waals surface area contributed by atoms with Gasteiger partial charge in [0.2, 0.25) is 0 Å². The Morgan fingerprint density at radius 1 is 0.889 bits per heavy atom. The van der Waals surface area contributed by atoms with Gasteiger partial charge in [-0.05, 0) is 37.2 Å². The van der Waals surface area contributed by atoms with Crippen LogP contribution in [-0.4, -0.2) is 22.6 Å². The summed E-state index contributed by atoms with van der Waals surface area (Å²) in [4.78, 5) is 0. The van der Waals surface area contributed by atoms with Gasteiger partial charge in [0.05, 0.1) is 0 Å². The summed E-state index contributed by atoms with van der Waals surface area (Å²) < 4.78 is 2.63. The predicted octanol–water partition coefficient (Wildman–Crippen LogP) is 4.46. The third-order valence-corrected chi connectivity index (χ3v) is 5.76. The van der Waals surface area contributed by atoms with Crippen molar-refractivity contribution in [1.29, 1.82) is 0 Å². The molecular formula is C16H23NS. The number of piperidine rings is 1. The predicted molar refractivity (Wildman–Crippen MR) is 79.8 cm³/mol. The Bertz CT molecular complexity index is 351. The highest BCUT2D eigenvalue weighted by Crippen LogP contribution is 2.36. The zero-order valence-corrected chi connectivity index (χ0v) is 11.9. The van der Waals surface area contributed by atoms with Crippen LogP contribution in [0.15, 0.2) is 30.3 Å². The highest BCUT2D eigenvalue weighted by Gasteiger charge is 2.24. The summed E-state index contributed by atoms with van der Waals surface area (Å²) >= 11 is 2.16. The van der Waals surface area contributed by atoms with Crippen molar-refractivity contribution in [1.82, 2.24) is 4.31 Å². The van der Waals surface area contributed by atoms with Gasteiger partial charge in [0.25, 0.3) is 0 Å². The molecular weight excluding hydrogens is 238 g/mol. The third-order valence-electron chi connectivity index (χ3n) is 4.33. The molecule has 0 N–H and O–H groups in total. The largest absolute Gasteiger partial charge is 0.250 e. The maximum Gasteiger partial charge on any atom is 0.0195 e.